The Morgan fingerprint density at radius 2 is 1.83 bits per heavy atom. The molecule has 0 radical (unpaired) electrons. The lowest BCUT2D eigenvalue weighted by Crippen LogP contribution is -2.62. The van der Waals surface area contributed by atoms with Crippen LogP contribution in [0.4, 0.5) is 0 Å². The van der Waals surface area contributed by atoms with E-state index in [1.165, 1.54) is 0 Å². The van der Waals surface area contributed by atoms with Crippen LogP contribution in [0.15, 0.2) is 11.6 Å². The average Bonchev–Trinajstić information content (AvgIpc) is 3.01. The van der Waals surface area contributed by atoms with Gasteiger partial charge in [-0.2, -0.15) is 0 Å². The molecule has 2 heterocycles. The number of cyclic esters (lactones) is 1. The van der Waals surface area contributed by atoms with E-state index in [1.807, 2.05) is 13.0 Å². The Labute approximate surface area is 144 Å². The van der Waals surface area contributed by atoms with Crippen LogP contribution in [0.5, 0.6) is 0 Å². The fraction of sp³-hybridized carbons (Fsp3) is 0.800. The van der Waals surface area contributed by atoms with Gasteiger partial charge in [0.2, 0.25) is 0 Å². The Morgan fingerprint density at radius 1 is 1.08 bits per heavy atom. The maximum Gasteiger partial charge on any atom is 0.308 e. The van der Waals surface area contributed by atoms with Crippen LogP contribution in [0.3, 0.4) is 0 Å². The Bertz CT molecular complexity index is 648. The Morgan fingerprint density at radius 3 is 2.50 bits per heavy atom. The molecule has 2 spiro atoms. The molecule has 0 aromatic heterocycles. The van der Waals surface area contributed by atoms with E-state index in [1.54, 1.807) is 0 Å². The first-order valence-corrected chi connectivity index (χ1v) is 9.23. The standard InChI is InChI=1S/C20H28O4/c1-13-10-14(21)16-17(2,3)6-5-7-18(16,4)20(13)9-8-19(24-20)11-15(22)23-12-19/h10,16H,5-9,11-12H2,1-4H3/t16-,18-,19-,20-/m1/s1. The average molecular weight is 332 g/mol. The van der Waals surface area contributed by atoms with Crippen molar-refractivity contribution in [2.45, 2.75) is 77.4 Å². The van der Waals surface area contributed by atoms with Crippen molar-refractivity contribution in [1.82, 2.24) is 0 Å². The molecule has 0 N–H and O–H groups in total. The van der Waals surface area contributed by atoms with E-state index >= 15 is 0 Å². The van der Waals surface area contributed by atoms with E-state index in [4.69, 9.17) is 9.47 Å². The van der Waals surface area contributed by atoms with Gasteiger partial charge in [-0.05, 0) is 49.7 Å². The minimum atomic E-state index is -0.484. The van der Waals surface area contributed by atoms with Crippen LogP contribution in [-0.2, 0) is 19.1 Å². The van der Waals surface area contributed by atoms with Crippen molar-refractivity contribution < 1.29 is 19.1 Å². The fourth-order valence-electron chi connectivity index (χ4n) is 6.42. The van der Waals surface area contributed by atoms with Crippen LogP contribution in [0.1, 0.15) is 66.2 Å². The van der Waals surface area contributed by atoms with Gasteiger partial charge in [0.15, 0.2) is 5.78 Å². The predicted octanol–water partition coefficient (Wildman–Crippen LogP) is 3.58. The summed E-state index contributed by atoms with van der Waals surface area (Å²) in [6.07, 6.45) is 7.09. The summed E-state index contributed by atoms with van der Waals surface area (Å²) in [4.78, 5) is 24.7. The summed E-state index contributed by atoms with van der Waals surface area (Å²) in [6.45, 7) is 9.10. The normalized spacial score (nSPS) is 47.0. The predicted molar refractivity (Wildman–Crippen MR) is 89.4 cm³/mol. The number of carbonyl (C=O) groups is 2. The third-order valence-electron chi connectivity index (χ3n) is 7.42. The molecule has 3 fully saturated rings. The van der Waals surface area contributed by atoms with Crippen LogP contribution < -0.4 is 0 Å². The molecule has 4 atom stereocenters. The van der Waals surface area contributed by atoms with E-state index in [0.29, 0.717) is 13.0 Å². The molecule has 0 unspecified atom stereocenters. The van der Waals surface area contributed by atoms with Gasteiger partial charge in [-0.3, -0.25) is 9.59 Å². The highest BCUT2D eigenvalue weighted by molar-refractivity contribution is 5.95. The first kappa shape index (κ1) is 16.3. The van der Waals surface area contributed by atoms with Crippen LogP contribution in [-0.4, -0.2) is 29.6 Å². The molecule has 4 heteroatoms. The number of allylic oxidation sites excluding steroid dienone is 1. The van der Waals surface area contributed by atoms with Crippen LogP contribution in [0.2, 0.25) is 0 Å². The summed E-state index contributed by atoms with van der Waals surface area (Å²) in [6, 6.07) is 0. The van der Waals surface area contributed by atoms with Crippen molar-refractivity contribution in [3.8, 4) is 0 Å². The monoisotopic (exact) mass is 332 g/mol. The van der Waals surface area contributed by atoms with Crippen molar-refractivity contribution in [2.75, 3.05) is 6.61 Å². The second-order valence-corrected chi connectivity index (χ2v) is 9.37. The lowest BCUT2D eigenvalue weighted by molar-refractivity contribution is -0.193. The summed E-state index contributed by atoms with van der Waals surface area (Å²) in [7, 11) is 0. The number of rotatable bonds is 0. The number of esters is 1. The minimum absolute atomic E-state index is 0.0179. The Hall–Kier alpha value is -1.16. The Balaban J connectivity index is 1.81. The van der Waals surface area contributed by atoms with E-state index in [2.05, 4.69) is 20.8 Å². The molecule has 2 aliphatic heterocycles. The van der Waals surface area contributed by atoms with Crippen molar-refractivity contribution >= 4 is 11.8 Å². The summed E-state index contributed by atoms with van der Waals surface area (Å²) in [5.74, 6) is 0.0792. The highest BCUT2D eigenvalue weighted by Gasteiger charge is 2.68. The summed E-state index contributed by atoms with van der Waals surface area (Å²) in [5, 5.41) is 0. The maximum absolute atomic E-state index is 13.0. The Kier molecular flexibility index (Phi) is 3.21. The highest BCUT2D eigenvalue weighted by atomic mass is 16.6. The number of ether oxygens (including phenoxy) is 2. The van der Waals surface area contributed by atoms with Gasteiger partial charge in [-0.25, -0.2) is 0 Å². The molecule has 4 rings (SSSR count). The largest absolute Gasteiger partial charge is 0.463 e. The van der Waals surface area contributed by atoms with Gasteiger partial charge in [-0.1, -0.05) is 27.2 Å². The van der Waals surface area contributed by atoms with Crippen molar-refractivity contribution in [3.05, 3.63) is 11.6 Å². The zero-order valence-electron chi connectivity index (χ0n) is 15.2. The number of hydrogen-bond acceptors (Lipinski definition) is 4. The SMILES string of the molecule is CC1=CC(=O)[C@@H]2C(C)(C)CCC[C@@]2(C)[C@@]12CC[C@@]1(COC(=O)C1)O2. The molecular formula is C20H28O4. The summed E-state index contributed by atoms with van der Waals surface area (Å²) >= 11 is 0. The molecule has 1 saturated carbocycles. The topological polar surface area (TPSA) is 52.6 Å². The number of ketones is 1. The van der Waals surface area contributed by atoms with Gasteiger partial charge in [0, 0.05) is 11.3 Å². The molecule has 2 aliphatic carbocycles. The molecule has 24 heavy (non-hydrogen) atoms. The molecule has 4 nitrogen and oxygen atoms in total. The summed E-state index contributed by atoms with van der Waals surface area (Å²) in [5.41, 5.74) is -0.103. The van der Waals surface area contributed by atoms with Crippen LogP contribution in [0.25, 0.3) is 0 Å². The van der Waals surface area contributed by atoms with Gasteiger partial charge in [0.1, 0.15) is 12.2 Å². The summed E-state index contributed by atoms with van der Waals surface area (Å²) < 4.78 is 12.0. The third-order valence-corrected chi connectivity index (χ3v) is 7.42. The first-order chi connectivity index (χ1) is 11.1. The molecule has 132 valence electrons. The van der Waals surface area contributed by atoms with E-state index in [-0.39, 0.29) is 28.5 Å². The number of fused-ring (bicyclic) bond motifs is 2. The third kappa shape index (κ3) is 1.89. The van der Waals surface area contributed by atoms with Crippen molar-refractivity contribution in [2.24, 2.45) is 16.7 Å². The zero-order valence-corrected chi connectivity index (χ0v) is 15.2. The molecule has 0 amide bonds. The van der Waals surface area contributed by atoms with E-state index in [0.717, 1.165) is 37.7 Å². The molecule has 4 aliphatic rings. The zero-order chi connectivity index (χ0) is 17.4. The van der Waals surface area contributed by atoms with Gasteiger partial charge in [0.05, 0.1) is 12.0 Å². The second kappa shape index (κ2) is 4.72. The lowest BCUT2D eigenvalue weighted by atomic mass is 9.46. The molecule has 0 bridgehead atoms. The van der Waals surface area contributed by atoms with Crippen LogP contribution >= 0.6 is 0 Å². The van der Waals surface area contributed by atoms with Gasteiger partial charge in [0.25, 0.3) is 0 Å². The van der Waals surface area contributed by atoms with Gasteiger partial charge >= 0.3 is 5.97 Å². The molecule has 0 aromatic rings. The van der Waals surface area contributed by atoms with Crippen molar-refractivity contribution in [1.29, 1.82) is 0 Å². The second-order valence-electron chi connectivity index (χ2n) is 9.37. The number of carbonyl (C=O) groups excluding carboxylic acids is 2. The number of hydrogen-bond donors (Lipinski definition) is 0. The lowest BCUT2D eigenvalue weighted by Gasteiger charge is -2.60. The molecular weight excluding hydrogens is 304 g/mol. The van der Waals surface area contributed by atoms with E-state index < -0.39 is 11.2 Å². The van der Waals surface area contributed by atoms with Crippen molar-refractivity contribution in [3.63, 3.8) is 0 Å². The fourth-order valence-corrected chi connectivity index (χ4v) is 6.42. The molecule has 0 aromatic carbocycles. The first-order valence-electron chi connectivity index (χ1n) is 9.23. The van der Waals surface area contributed by atoms with Gasteiger partial charge in [-0.15, -0.1) is 0 Å². The smallest absolute Gasteiger partial charge is 0.308 e. The molecule has 2 saturated heterocycles. The maximum atomic E-state index is 13.0. The van der Waals surface area contributed by atoms with Crippen LogP contribution in [0, 0.1) is 16.7 Å². The van der Waals surface area contributed by atoms with E-state index in [9.17, 15) is 9.59 Å². The minimum Gasteiger partial charge on any atom is -0.463 e. The van der Waals surface area contributed by atoms with Gasteiger partial charge < -0.3 is 9.47 Å². The quantitative estimate of drug-likeness (QED) is 0.636. The highest BCUT2D eigenvalue weighted by Crippen LogP contribution is 2.65.